The number of furan rings is 1. The first-order valence-electron chi connectivity index (χ1n) is 9.69. The number of carbonyl (C=O) groups excluding carboxylic acids is 1. The number of fused-ring (bicyclic) bond motifs is 1. The molecule has 2 heterocycles. The van der Waals surface area contributed by atoms with E-state index in [1.807, 2.05) is 18.2 Å². The Kier molecular flexibility index (Phi) is 6.73. The first-order chi connectivity index (χ1) is 15.3. The molecular formula is C22H18BrFN2O4S2. The summed E-state index contributed by atoms with van der Waals surface area (Å²) >= 11 is 4.81. The number of hydrogen-bond acceptors (Lipinski definition) is 6. The highest BCUT2D eigenvalue weighted by molar-refractivity contribution is 9.10. The van der Waals surface area contributed by atoms with Gasteiger partial charge < -0.3 is 4.42 Å². The fraction of sp³-hybridized carbons (Fsp3) is 0.182. The number of thiazole rings is 1. The molecule has 10 heteroatoms. The van der Waals surface area contributed by atoms with E-state index in [2.05, 4.69) is 20.9 Å². The van der Waals surface area contributed by atoms with Crippen LogP contribution in [0.25, 0.3) is 10.2 Å². The number of amides is 1. The van der Waals surface area contributed by atoms with Gasteiger partial charge in [0, 0.05) is 10.9 Å². The molecule has 0 spiro atoms. The van der Waals surface area contributed by atoms with Gasteiger partial charge in [-0.2, -0.15) is 0 Å². The third-order valence-electron chi connectivity index (χ3n) is 4.74. The van der Waals surface area contributed by atoms with E-state index in [1.54, 1.807) is 12.1 Å². The topological polar surface area (TPSA) is 80.5 Å². The second kappa shape index (κ2) is 9.51. The maximum absolute atomic E-state index is 13.1. The molecule has 0 saturated heterocycles. The summed E-state index contributed by atoms with van der Waals surface area (Å²) in [6, 6.07) is 13.9. The molecule has 0 aliphatic carbocycles. The average molecular weight is 537 g/mol. The largest absolute Gasteiger partial charge is 0.467 e. The average Bonchev–Trinajstić information content (AvgIpc) is 3.41. The SMILES string of the molecule is O=C(CCCS(=O)(=O)c1ccc(F)cc1)N(Cc1ccco1)c1nc2ccc(Br)cc2s1. The summed E-state index contributed by atoms with van der Waals surface area (Å²) in [6.07, 6.45) is 1.67. The fourth-order valence-electron chi connectivity index (χ4n) is 3.13. The Morgan fingerprint density at radius 1 is 1.16 bits per heavy atom. The van der Waals surface area contributed by atoms with Gasteiger partial charge in [0.25, 0.3) is 0 Å². The summed E-state index contributed by atoms with van der Waals surface area (Å²) in [4.78, 5) is 19.2. The van der Waals surface area contributed by atoms with Gasteiger partial charge in [-0.15, -0.1) is 0 Å². The normalized spacial score (nSPS) is 11.7. The van der Waals surface area contributed by atoms with Crippen molar-refractivity contribution in [3.63, 3.8) is 0 Å². The van der Waals surface area contributed by atoms with E-state index in [4.69, 9.17) is 4.42 Å². The molecule has 0 N–H and O–H groups in total. The van der Waals surface area contributed by atoms with Crippen molar-refractivity contribution in [1.82, 2.24) is 4.98 Å². The van der Waals surface area contributed by atoms with Gasteiger partial charge in [0.05, 0.1) is 33.7 Å². The smallest absolute Gasteiger partial charge is 0.229 e. The second-order valence-electron chi connectivity index (χ2n) is 7.04. The van der Waals surface area contributed by atoms with Crippen LogP contribution in [-0.2, 0) is 21.2 Å². The molecular weight excluding hydrogens is 519 g/mol. The third kappa shape index (κ3) is 5.25. The zero-order valence-electron chi connectivity index (χ0n) is 16.7. The predicted molar refractivity (Wildman–Crippen MR) is 125 cm³/mol. The van der Waals surface area contributed by atoms with Crippen LogP contribution >= 0.6 is 27.3 Å². The van der Waals surface area contributed by atoms with Gasteiger partial charge in [-0.1, -0.05) is 27.3 Å². The zero-order chi connectivity index (χ0) is 22.7. The quantitative estimate of drug-likeness (QED) is 0.274. The number of aromatic nitrogens is 1. The molecule has 32 heavy (non-hydrogen) atoms. The van der Waals surface area contributed by atoms with Crippen LogP contribution < -0.4 is 4.90 Å². The lowest BCUT2D eigenvalue weighted by atomic mass is 10.3. The van der Waals surface area contributed by atoms with Crippen LogP contribution in [0.2, 0.25) is 0 Å². The monoisotopic (exact) mass is 536 g/mol. The van der Waals surface area contributed by atoms with E-state index < -0.39 is 15.7 Å². The fourth-order valence-corrected chi connectivity index (χ4v) is 5.98. The van der Waals surface area contributed by atoms with E-state index >= 15 is 0 Å². The highest BCUT2D eigenvalue weighted by Crippen LogP contribution is 2.32. The lowest BCUT2D eigenvalue weighted by Gasteiger charge is -2.18. The van der Waals surface area contributed by atoms with E-state index in [1.165, 1.54) is 34.6 Å². The summed E-state index contributed by atoms with van der Waals surface area (Å²) in [5.41, 5.74) is 0.768. The lowest BCUT2D eigenvalue weighted by molar-refractivity contribution is -0.118. The molecule has 0 atom stereocenters. The van der Waals surface area contributed by atoms with E-state index in [9.17, 15) is 17.6 Å². The summed E-state index contributed by atoms with van der Waals surface area (Å²) in [5, 5.41) is 0.515. The van der Waals surface area contributed by atoms with Crippen LogP contribution in [0.4, 0.5) is 9.52 Å². The number of hydrogen-bond donors (Lipinski definition) is 0. The van der Waals surface area contributed by atoms with Crippen LogP contribution in [0.15, 0.2) is 74.6 Å². The number of carbonyl (C=O) groups is 1. The lowest BCUT2D eigenvalue weighted by Crippen LogP contribution is -2.30. The standard InChI is InChI=1S/C22H18BrFN2O4S2/c23-15-5-10-19-20(13-15)31-22(25-19)26(14-17-3-1-11-30-17)21(27)4-2-12-32(28,29)18-8-6-16(24)7-9-18/h1,3,5-11,13H,2,4,12,14H2. The van der Waals surface area contributed by atoms with Crippen LogP contribution in [0.1, 0.15) is 18.6 Å². The first kappa shape index (κ1) is 22.6. The van der Waals surface area contributed by atoms with Crippen LogP contribution in [-0.4, -0.2) is 25.1 Å². The molecule has 4 rings (SSSR count). The molecule has 2 aromatic carbocycles. The van der Waals surface area contributed by atoms with Gasteiger partial charge in [0.15, 0.2) is 15.0 Å². The Bertz CT molecular complexity index is 1340. The van der Waals surface area contributed by atoms with Gasteiger partial charge in [-0.3, -0.25) is 9.69 Å². The van der Waals surface area contributed by atoms with Crippen molar-refractivity contribution < 1.29 is 22.0 Å². The number of rotatable bonds is 8. The molecule has 0 aliphatic heterocycles. The molecule has 0 saturated carbocycles. The molecule has 166 valence electrons. The van der Waals surface area contributed by atoms with E-state index in [0.717, 1.165) is 26.8 Å². The first-order valence-corrected chi connectivity index (χ1v) is 13.0. The Morgan fingerprint density at radius 3 is 2.66 bits per heavy atom. The summed E-state index contributed by atoms with van der Waals surface area (Å²) < 4.78 is 45.3. The van der Waals surface area contributed by atoms with Crippen molar-refractivity contribution in [1.29, 1.82) is 0 Å². The highest BCUT2D eigenvalue weighted by atomic mass is 79.9. The molecule has 0 unspecified atom stereocenters. The van der Waals surface area contributed by atoms with Crippen molar-refractivity contribution in [3.8, 4) is 0 Å². The number of benzene rings is 2. The Hall–Kier alpha value is -2.56. The van der Waals surface area contributed by atoms with Crippen molar-refractivity contribution in [3.05, 3.63) is 76.9 Å². The molecule has 0 fully saturated rings. The third-order valence-corrected chi connectivity index (χ3v) is 8.09. The molecule has 0 aliphatic rings. The molecule has 4 aromatic rings. The summed E-state index contributed by atoms with van der Waals surface area (Å²) in [7, 11) is -3.61. The molecule has 2 aromatic heterocycles. The van der Waals surface area contributed by atoms with Gasteiger partial charge in [-0.25, -0.2) is 17.8 Å². The van der Waals surface area contributed by atoms with Gasteiger partial charge in [0.1, 0.15) is 11.6 Å². The minimum atomic E-state index is -3.61. The van der Waals surface area contributed by atoms with Crippen molar-refractivity contribution >= 4 is 58.4 Å². The number of anilines is 1. The van der Waals surface area contributed by atoms with Crippen LogP contribution in [0.3, 0.4) is 0 Å². The summed E-state index contributed by atoms with van der Waals surface area (Å²) in [6.45, 7) is 0.192. The van der Waals surface area contributed by atoms with Crippen molar-refractivity contribution in [2.75, 3.05) is 10.7 Å². The maximum atomic E-state index is 13.1. The van der Waals surface area contributed by atoms with Gasteiger partial charge in [0.2, 0.25) is 5.91 Å². The molecule has 1 amide bonds. The minimum Gasteiger partial charge on any atom is -0.467 e. The highest BCUT2D eigenvalue weighted by Gasteiger charge is 2.22. The number of nitrogens with zero attached hydrogens (tertiary/aromatic N) is 2. The summed E-state index contributed by atoms with van der Waals surface area (Å²) in [5.74, 6) is -0.381. The zero-order valence-corrected chi connectivity index (χ0v) is 19.9. The number of halogens is 2. The number of sulfone groups is 1. The van der Waals surface area contributed by atoms with E-state index in [-0.39, 0.29) is 35.9 Å². The van der Waals surface area contributed by atoms with Gasteiger partial charge >= 0.3 is 0 Å². The predicted octanol–water partition coefficient (Wildman–Crippen LogP) is 5.58. The van der Waals surface area contributed by atoms with E-state index in [0.29, 0.717) is 10.9 Å². The molecule has 0 radical (unpaired) electrons. The van der Waals surface area contributed by atoms with Crippen LogP contribution in [0, 0.1) is 5.82 Å². The molecule has 0 bridgehead atoms. The maximum Gasteiger partial charge on any atom is 0.229 e. The van der Waals surface area contributed by atoms with Crippen molar-refractivity contribution in [2.24, 2.45) is 0 Å². The van der Waals surface area contributed by atoms with Crippen LogP contribution in [0.5, 0.6) is 0 Å². The van der Waals surface area contributed by atoms with Crippen molar-refractivity contribution in [2.45, 2.75) is 24.3 Å². The minimum absolute atomic E-state index is 0.0146. The molecule has 6 nitrogen and oxygen atoms in total. The Balaban J connectivity index is 1.50. The Labute approximate surface area is 196 Å². The Morgan fingerprint density at radius 2 is 1.94 bits per heavy atom. The second-order valence-corrected chi connectivity index (χ2v) is 11.1. The van der Waals surface area contributed by atoms with Gasteiger partial charge in [-0.05, 0) is 61.0 Å².